The van der Waals surface area contributed by atoms with Gasteiger partial charge in [0, 0.05) is 6.07 Å². The highest BCUT2D eigenvalue weighted by atomic mass is 32.2. The Hall–Kier alpha value is -2.81. The summed E-state index contributed by atoms with van der Waals surface area (Å²) in [6.45, 7) is -0.0873. The zero-order valence-corrected chi connectivity index (χ0v) is 15.8. The molecule has 2 rings (SSSR count). The number of benzene rings is 2. The fourth-order valence-electron chi connectivity index (χ4n) is 2.27. The van der Waals surface area contributed by atoms with Gasteiger partial charge in [0.25, 0.3) is 0 Å². The summed E-state index contributed by atoms with van der Waals surface area (Å²) in [4.78, 5) is 12.1. The number of nitrogens with zero attached hydrogens (tertiary/aromatic N) is 1. The summed E-state index contributed by atoms with van der Waals surface area (Å²) in [5, 5.41) is 2.57. The van der Waals surface area contributed by atoms with E-state index in [1.165, 1.54) is 18.2 Å². The topological polar surface area (TPSA) is 84.9 Å². The Balaban J connectivity index is 1.88. The van der Waals surface area contributed by atoms with Crippen LogP contribution in [0.5, 0.6) is 11.5 Å². The van der Waals surface area contributed by atoms with Gasteiger partial charge in [0.05, 0.1) is 25.6 Å². The molecule has 146 valence electrons. The second kappa shape index (κ2) is 9.22. The first kappa shape index (κ1) is 20.5. The van der Waals surface area contributed by atoms with Crippen LogP contribution in [0, 0.1) is 5.82 Å². The molecule has 0 atom stereocenters. The third-order valence-corrected chi connectivity index (χ3v) is 4.66. The van der Waals surface area contributed by atoms with Crippen molar-refractivity contribution in [2.24, 2.45) is 0 Å². The molecule has 0 unspecified atom stereocenters. The normalized spacial score (nSPS) is 10.9. The largest absolute Gasteiger partial charge is 0.497 e. The monoisotopic (exact) mass is 396 g/mol. The molecule has 0 heterocycles. The molecule has 0 spiro atoms. The summed E-state index contributed by atoms with van der Waals surface area (Å²) in [5.74, 6) is 0.115. The van der Waals surface area contributed by atoms with Gasteiger partial charge in [0.15, 0.2) is 0 Å². The lowest BCUT2D eigenvalue weighted by molar-refractivity contribution is -0.119. The SMILES string of the molecule is COc1cccc(OCCNC(=O)CN(c2cccc(F)c2)S(C)(=O)=O)c1. The van der Waals surface area contributed by atoms with E-state index in [1.54, 1.807) is 31.4 Å². The number of hydrogen-bond donors (Lipinski definition) is 1. The average molecular weight is 396 g/mol. The quantitative estimate of drug-likeness (QED) is 0.654. The third-order valence-electron chi connectivity index (χ3n) is 3.52. The van der Waals surface area contributed by atoms with Gasteiger partial charge in [-0.3, -0.25) is 9.10 Å². The number of halogens is 1. The van der Waals surface area contributed by atoms with Crippen LogP contribution in [0.25, 0.3) is 0 Å². The molecule has 9 heteroatoms. The predicted octanol–water partition coefficient (Wildman–Crippen LogP) is 1.80. The number of methoxy groups -OCH3 is 1. The number of carbonyl (C=O) groups is 1. The van der Waals surface area contributed by atoms with Crippen molar-refractivity contribution in [1.29, 1.82) is 0 Å². The molecule has 0 bridgehead atoms. The van der Waals surface area contributed by atoms with Crippen LogP contribution >= 0.6 is 0 Å². The van der Waals surface area contributed by atoms with Crippen LogP contribution in [-0.4, -0.2) is 47.4 Å². The smallest absolute Gasteiger partial charge is 0.240 e. The van der Waals surface area contributed by atoms with Crippen LogP contribution in [-0.2, 0) is 14.8 Å². The zero-order valence-electron chi connectivity index (χ0n) is 15.0. The minimum absolute atomic E-state index is 0.0836. The molecule has 0 saturated carbocycles. The minimum atomic E-state index is -3.75. The van der Waals surface area contributed by atoms with Gasteiger partial charge >= 0.3 is 0 Å². The second-order valence-corrected chi connectivity index (χ2v) is 7.53. The first-order valence-electron chi connectivity index (χ1n) is 8.06. The van der Waals surface area contributed by atoms with Crippen molar-refractivity contribution in [1.82, 2.24) is 5.32 Å². The average Bonchev–Trinajstić information content (AvgIpc) is 2.62. The molecule has 0 aromatic heterocycles. The van der Waals surface area contributed by atoms with E-state index in [1.807, 2.05) is 0 Å². The van der Waals surface area contributed by atoms with Crippen molar-refractivity contribution in [3.8, 4) is 11.5 Å². The molecule has 27 heavy (non-hydrogen) atoms. The summed E-state index contributed by atoms with van der Waals surface area (Å²) in [6, 6.07) is 12.1. The van der Waals surface area contributed by atoms with Crippen molar-refractivity contribution < 1.29 is 27.1 Å². The van der Waals surface area contributed by atoms with Gasteiger partial charge in [-0.1, -0.05) is 12.1 Å². The van der Waals surface area contributed by atoms with Gasteiger partial charge in [-0.05, 0) is 30.3 Å². The number of amides is 1. The number of carbonyl (C=O) groups excluding carboxylic acids is 1. The first-order chi connectivity index (χ1) is 12.8. The summed E-state index contributed by atoms with van der Waals surface area (Å²) in [5.41, 5.74) is 0.0836. The number of ether oxygens (including phenoxy) is 2. The summed E-state index contributed by atoms with van der Waals surface area (Å²) in [7, 11) is -2.20. The lowest BCUT2D eigenvalue weighted by Crippen LogP contribution is -2.41. The maximum absolute atomic E-state index is 13.4. The van der Waals surface area contributed by atoms with Crippen LogP contribution in [0.3, 0.4) is 0 Å². The number of sulfonamides is 1. The molecule has 7 nitrogen and oxygen atoms in total. The Bertz CT molecular complexity index is 889. The summed E-state index contributed by atoms with van der Waals surface area (Å²) < 4.78 is 48.7. The number of rotatable bonds is 9. The maximum Gasteiger partial charge on any atom is 0.240 e. The number of nitrogens with one attached hydrogen (secondary N) is 1. The van der Waals surface area contributed by atoms with Crippen molar-refractivity contribution in [3.05, 3.63) is 54.3 Å². The highest BCUT2D eigenvalue weighted by molar-refractivity contribution is 7.92. The third kappa shape index (κ3) is 6.45. The second-order valence-electron chi connectivity index (χ2n) is 5.63. The predicted molar refractivity (Wildman–Crippen MR) is 100 cm³/mol. The van der Waals surface area contributed by atoms with Gasteiger partial charge < -0.3 is 14.8 Å². The minimum Gasteiger partial charge on any atom is -0.497 e. The van der Waals surface area contributed by atoms with Crippen LogP contribution in [0.15, 0.2) is 48.5 Å². The van der Waals surface area contributed by atoms with Crippen molar-refractivity contribution in [2.45, 2.75) is 0 Å². The Kier molecular flexibility index (Phi) is 7.00. The molecule has 2 aromatic carbocycles. The van der Waals surface area contributed by atoms with Gasteiger partial charge in [-0.25, -0.2) is 12.8 Å². The molecule has 2 aromatic rings. The van der Waals surface area contributed by atoms with E-state index in [0.29, 0.717) is 11.5 Å². The van der Waals surface area contributed by atoms with Crippen LogP contribution in [0.2, 0.25) is 0 Å². The van der Waals surface area contributed by atoms with Gasteiger partial charge in [-0.15, -0.1) is 0 Å². The maximum atomic E-state index is 13.4. The molecule has 1 N–H and O–H groups in total. The van der Waals surface area contributed by atoms with Crippen molar-refractivity contribution >= 4 is 21.6 Å². The van der Waals surface area contributed by atoms with E-state index in [-0.39, 0.29) is 18.8 Å². The van der Waals surface area contributed by atoms with E-state index in [2.05, 4.69) is 5.32 Å². The van der Waals surface area contributed by atoms with E-state index >= 15 is 0 Å². The highest BCUT2D eigenvalue weighted by Crippen LogP contribution is 2.19. The molecule has 0 aliphatic heterocycles. The molecule has 0 aliphatic rings. The Labute approximate surface area is 157 Å². The van der Waals surface area contributed by atoms with E-state index in [4.69, 9.17) is 9.47 Å². The lowest BCUT2D eigenvalue weighted by atomic mass is 10.3. The van der Waals surface area contributed by atoms with Crippen LogP contribution in [0.4, 0.5) is 10.1 Å². The first-order valence-corrected chi connectivity index (χ1v) is 9.91. The van der Waals surface area contributed by atoms with E-state index < -0.39 is 28.3 Å². The molecule has 0 radical (unpaired) electrons. The van der Waals surface area contributed by atoms with E-state index in [0.717, 1.165) is 16.6 Å². The Morgan fingerprint density at radius 2 is 1.85 bits per heavy atom. The standard InChI is InChI=1S/C18H21FN2O5S/c1-25-16-7-4-8-17(12-16)26-10-9-20-18(22)13-21(27(2,23)24)15-6-3-5-14(19)11-15/h3-8,11-12H,9-10,13H2,1-2H3,(H,20,22). The van der Waals surface area contributed by atoms with Crippen LogP contribution < -0.4 is 19.1 Å². The number of hydrogen-bond acceptors (Lipinski definition) is 5. The zero-order chi connectivity index (χ0) is 19.9. The van der Waals surface area contributed by atoms with Crippen molar-refractivity contribution in [2.75, 3.05) is 37.4 Å². The van der Waals surface area contributed by atoms with E-state index in [9.17, 15) is 17.6 Å². The Morgan fingerprint density at radius 1 is 1.15 bits per heavy atom. The fraction of sp³-hybridized carbons (Fsp3) is 0.278. The number of anilines is 1. The molecular weight excluding hydrogens is 375 g/mol. The fourth-order valence-corrected chi connectivity index (χ4v) is 3.12. The van der Waals surface area contributed by atoms with Crippen molar-refractivity contribution in [3.63, 3.8) is 0 Å². The molecule has 0 fully saturated rings. The molecule has 1 amide bonds. The molecule has 0 aliphatic carbocycles. The highest BCUT2D eigenvalue weighted by Gasteiger charge is 2.21. The summed E-state index contributed by atoms with van der Waals surface area (Å²) in [6.07, 6.45) is 0.955. The summed E-state index contributed by atoms with van der Waals surface area (Å²) >= 11 is 0. The van der Waals surface area contributed by atoms with Gasteiger partial charge in [-0.2, -0.15) is 0 Å². The van der Waals surface area contributed by atoms with Crippen LogP contribution in [0.1, 0.15) is 0 Å². The lowest BCUT2D eigenvalue weighted by Gasteiger charge is -2.21. The molecular formula is C18H21FN2O5S. The Morgan fingerprint density at radius 3 is 2.52 bits per heavy atom. The molecule has 0 saturated heterocycles. The van der Waals surface area contributed by atoms with Gasteiger partial charge in [0.1, 0.15) is 30.5 Å². The van der Waals surface area contributed by atoms with Gasteiger partial charge in [0.2, 0.25) is 15.9 Å².